The maximum atomic E-state index is 13.3. The lowest BCUT2D eigenvalue weighted by Crippen LogP contribution is -2.12. The first kappa shape index (κ1) is 25.6. The van der Waals surface area contributed by atoms with Gasteiger partial charge in [-0.1, -0.05) is 38.1 Å². The third kappa shape index (κ3) is 5.68. The molecule has 4 aromatic rings. The van der Waals surface area contributed by atoms with Crippen LogP contribution in [0.4, 0.5) is 17.6 Å². The van der Waals surface area contributed by atoms with Crippen LogP contribution in [0.15, 0.2) is 64.2 Å². The Bertz CT molecular complexity index is 1490. The fourth-order valence-corrected chi connectivity index (χ4v) is 5.37. The molecule has 188 valence electrons. The largest absolute Gasteiger partial charge is 0.416 e. The van der Waals surface area contributed by atoms with E-state index in [2.05, 4.69) is 20.3 Å². The average molecular weight is 538 g/mol. The van der Waals surface area contributed by atoms with E-state index in [1.54, 1.807) is 0 Å². The van der Waals surface area contributed by atoms with Gasteiger partial charge < -0.3 is 0 Å². The lowest BCUT2D eigenvalue weighted by molar-refractivity contribution is -0.137. The molecule has 36 heavy (non-hydrogen) atoms. The highest BCUT2D eigenvalue weighted by atomic mass is 32.2. The van der Waals surface area contributed by atoms with Crippen LogP contribution in [0.25, 0.3) is 10.8 Å². The van der Waals surface area contributed by atoms with Gasteiger partial charge in [0.25, 0.3) is 5.16 Å². The van der Waals surface area contributed by atoms with Crippen molar-refractivity contribution in [3.05, 3.63) is 82.1 Å². The second-order valence-corrected chi connectivity index (χ2v) is 10.8. The molecule has 0 spiro atoms. The Balaban J connectivity index is 1.74. The Labute approximate surface area is 208 Å². The molecule has 7 nitrogen and oxygen atoms in total. The fraction of sp³-hybridized carbons (Fsp3) is 0.217. The second kappa shape index (κ2) is 9.90. The molecule has 4 rings (SSSR count). The van der Waals surface area contributed by atoms with Crippen LogP contribution in [0, 0.1) is 5.82 Å². The Morgan fingerprint density at radius 2 is 1.72 bits per heavy atom. The van der Waals surface area contributed by atoms with Crippen LogP contribution in [-0.2, 0) is 21.8 Å². The van der Waals surface area contributed by atoms with Gasteiger partial charge in [-0.05, 0) is 41.3 Å². The molecule has 0 unspecified atom stereocenters. The Morgan fingerprint density at radius 3 is 2.31 bits per heavy atom. The van der Waals surface area contributed by atoms with Gasteiger partial charge in [-0.15, -0.1) is 21.5 Å². The minimum Gasteiger partial charge on any atom is -0.237 e. The summed E-state index contributed by atoms with van der Waals surface area (Å²) in [7, 11) is -4.19. The van der Waals surface area contributed by atoms with E-state index in [1.165, 1.54) is 41.8 Å². The molecule has 2 aromatic heterocycles. The summed E-state index contributed by atoms with van der Waals surface area (Å²) >= 11 is 1.24. The van der Waals surface area contributed by atoms with Crippen molar-refractivity contribution in [1.82, 2.24) is 19.9 Å². The molecule has 0 aliphatic rings. The molecule has 0 saturated heterocycles. The van der Waals surface area contributed by atoms with E-state index in [9.17, 15) is 26.0 Å². The van der Waals surface area contributed by atoms with Crippen molar-refractivity contribution in [3.63, 3.8) is 0 Å². The van der Waals surface area contributed by atoms with Crippen molar-refractivity contribution in [1.29, 1.82) is 0 Å². The van der Waals surface area contributed by atoms with E-state index >= 15 is 0 Å². The number of alkyl halides is 3. The predicted octanol–water partition coefficient (Wildman–Crippen LogP) is 5.54. The van der Waals surface area contributed by atoms with Crippen LogP contribution in [0.1, 0.15) is 42.1 Å². The summed E-state index contributed by atoms with van der Waals surface area (Å²) in [6, 6.07) is 9.20. The second-order valence-electron chi connectivity index (χ2n) is 8.10. The number of benzene rings is 2. The molecule has 0 N–H and O–H groups in total. The van der Waals surface area contributed by atoms with Crippen molar-refractivity contribution in [2.24, 2.45) is 5.10 Å². The monoisotopic (exact) mass is 537 g/mol. The molecular weight excluding hydrogens is 518 g/mol. The molecule has 0 radical (unpaired) electrons. The quantitative estimate of drug-likeness (QED) is 0.228. The third-order valence-corrected chi connectivity index (χ3v) is 7.41. The topological polar surface area (TPSA) is 90.1 Å². The predicted molar refractivity (Wildman–Crippen MR) is 127 cm³/mol. The van der Waals surface area contributed by atoms with Gasteiger partial charge in [0.2, 0.25) is 15.7 Å². The van der Waals surface area contributed by atoms with Gasteiger partial charge in [-0.2, -0.15) is 22.9 Å². The normalized spacial score (nSPS) is 12.6. The van der Waals surface area contributed by atoms with Gasteiger partial charge in [0.1, 0.15) is 5.82 Å². The fourth-order valence-electron chi connectivity index (χ4n) is 3.10. The first-order chi connectivity index (χ1) is 16.9. The molecular formula is C23H19F4N5O2S2. The molecule has 0 aliphatic carbocycles. The molecule has 0 saturated carbocycles. The number of nitrogens with zero attached hydrogens (tertiary/aromatic N) is 5. The van der Waals surface area contributed by atoms with Gasteiger partial charge in [0.15, 0.2) is 5.01 Å². The number of aromatic nitrogens is 4. The summed E-state index contributed by atoms with van der Waals surface area (Å²) in [6.07, 6.45) is -3.22. The van der Waals surface area contributed by atoms with Gasteiger partial charge in [-0.3, -0.25) is 0 Å². The van der Waals surface area contributed by atoms with Crippen LogP contribution in [0.5, 0.6) is 0 Å². The Morgan fingerprint density at radius 1 is 1.06 bits per heavy atom. The van der Waals surface area contributed by atoms with E-state index in [0.29, 0.717) is 10.6 Å². The zero-order chi connectivity index (χ0) is 26.1. The van der Waals surface area contributed by atoms with Crippen molar-refractivity contribution < 1.29 is 26.0 Å². The number of hydrogen-bond acceptors (Lipinski definition) is 7. The van der Waals surface area contributed by atoms with Crippen LogP contribution in [0.3, 0.4) is 0 Å². The molecule has 0 fully saturated rings. The summed E-state index contributed by atoms with van der Waals surface area (Å²) in [4.78, 5) is 4.49. The van der Waals surface area contributed by atoms with Crippen LogP contribution >= 0.6 is 11.3 Å². The van der Waals surface area contributed by atoms with Crippen LogP contribution in [0.2, 0.25) is 0 Å². The SMILES string of the molecule is CC(C)c1csc(-c2nnc(S(=O)(=O)Cc3ccc(C(F)(F)F)cc3)n2/N=C/c2ccc(F)cc2)n1. The van der Waals surface area contributed by atoms with E-state index in [0.717, 1.165) is 34.6 Å². The van der Waals surface area contributed by atoms with E-state index in [1.807, 2.05) is 19.2 Å². The highest BCUT2D eigenvalue weighted by molar-refractivity contribution is 7.90. The van der Waals surface area contributed by atoms with Crippen molar-refractivity contribution in [2.75, 3.05) is 0 Å². The van der Waals surface area contributed by atoms with E-state index < -0.39 is 38.3 Å². The van der Waals surface area contributed by atoms with Crippen molar-refractivity contribution in [3.8, 4) is 10.8 Å². The highest BCUT2D eigenvalue weighted by Crippen LogP contribution is 2.30. The molecule has 13 heteroatoms. The maximum Gasteiger partial charge on any atom is 0.416 e. The first-order valence-corrected chi connectivity index (χ1v) is 13.1. The summed E-state index contributed by atoms with van der Waals surface area (Å²) in [5, 5.41) is 13.8. The highest BCUT2D eigenvalue weighted by Gasteiger charge is 2.31. The molecule has 0 atom stereocenters. The number of halogens is 4. The van der Waals surface area contributed by atoms with Gasteiger partial charge in [-0.25, -0.2) is 17.8 Å². The van der Waals surface area contributed by atoms with Crippen LogP contribution in [-0.4, -0.2) is 34.5 Å². The molecule has 2 heterocycles. The molecule has 0 amide bonds. The maximum absolute atomic E-state index is 13.3. The van der Waals surface area contributed by atoms with Crippen molar-refractivity contribution in [2.45, 2.75) is 36.9 Å². The number of thiazole rings is 1. The average Bonchev–Trinajstić information content (AvgIpc) is 3.46. The summed E-state index contributed by atoms with van der Waals surface area (Å²) in [5.74, 6) is -0.862. The Kier molecular flexibility index (Phi) is 7.05. The first-order valence-electron chi connectivity index (χ1n) is 10.5. The van der Waals surface area contributed by atoms with Gasteiger partial charge in [0.05, 0.1) is 23.2 Å². The summed E-state index contributed by atoms with van der Waals surface area (Å²) in [5.41, 5.74) is 0.519. The molecule has 2 aromatic carbocycles. The minimum absolute atomic E-state index is 0.0799. The zero-order valence-corrected chi connectivity index (χ0v) is 20.6. The van der Waals surface area contributed by atoms with E-state index in [4.69, 9.17) is 0 Å². The third-order valence-electron chi connectivity index (χ3n) is 5.03. The number of hydrogen-bond donors (Lipinski definition) is 0. The smallest absolute Gasteiger partial charge is 0.237 e. The Hall–Kier alpha value is -3.45. The summed E-state index contributed by atoms with van der Waals surface area (Å²) in [6.45, 7) is 3.91. The number of sulfone groups is 1. The van der Waals surface area contributed by atoms with Gasteiger partial charge in [0, 0.05) is 5.38 Å². The van der Waals surface area contributed by atoms with Crippen LogP contribution < -0.4 is 0 Å². The van der Waals surface area contributed by atoms with E-state index in [-0.39, 0.29) is 17.3 Å². The summed E-state index contributed by atoms with van der Waals surface area (Å²) < 4.78 is 79.3. The number of rotatable bonds is 7. The molecule has 0 bridgehead atoms. The lowest BCUT2D eigenvalue weighted by atomic mass is 10.1. The standard InChI is InChI=1S/C23H19F4N5O2S2/c1-14(2)19-12-35-21(29-19)20-30-31-22(32(20)28-11-15-5-9-18(24)10-6-15)36(33,34)13-16-3-7-17(8-4-16)23(25,26)27/h3-12,14H,13H2,1-2H3/b28-11+. The lowest BCUT2D eigenvalue weighted by Gasteiger charge is -2.08. The minimum atomic E-state index is -4.54. The van der Waals surface area contributed by atoms with Gasteiger partial charge >= 0.3 is 6.18 Å². The van der Waals surface area contributed by atoms with Crippen molar-refractivity contribution >= 4 is 27.4 Å². The zero-order valence-electron chi connectivity index (χ0n) is 18.9. The molecule has 0 aliphatic heterocycles.